The highest BCUT2D eigenvalue weighted by molar-refractivity contribution is 7.89. The van der Waals surface area contributed by atoms with Gasteiger partial charge in [-0.25, -0.2) is 8.42 Å². The molecule has 1 aliphatic heterocycles. The molecule has 2 aromatic rings. The second kappa shape index (κ2) is 10.7. The maximum absolute atomic E-state index is 13.1. The average Bonchev–Trinajstić information content (AvgIpc) is 2.82. The van der Waals surface area contributed by atoms with Gasteiger partial charge in [0, 0.05) is 13.6 Å². The number of piperidine rings is 1. The summed E-state index contributed by atoms with van der Waals surface area (Å²) < 4.78 is 38.0. The number of methoxy groups -OCH3 is 1. The summed E-state index contributed by atoms with van der Waals surface area (Å²) >= 11 is 0. The van der Waals surface area contributed by atoms with Crippen molar-refractivity contribution in [3.63, 3.8) is 0 Å². The van der Waals surface area contributed by atoms with Gasteiger partial charge in [0.05, 0.1) is 12.0 Å². The van der Waals surface area contributed by atoms with Crippen LogP contribution in [0.5, 0.6) is 5.75 Å². The van der Waals surface area contributed by atoms with E-state index in [9.17, 15) is 13.2 Å². The maximum Gasteiger partial charge on any atom is 0.324 e. The van der Waals surface area contributed by atoms with Crippen molar-refractivity contribution in [3.05, 3.63) is 60.2 Å². The molecule has 0 radical (unpaired) electrons. The molecule has 168 valence electrons. The Hall–Kier alpha value is -2.42. The van der Waals surface area contributed by atoms with Crippen molar-refractivity contribution in [2.75, 3.05) is 33.8 Å². The van der Waals surface area contributed by atoms with E-state index in [0.29, 0.717) is 12.4 Å². The average molecular weight is 447 g/mol. The van der Waals surface area contributed by atoms with Gasteiger partial charge in [0.15, 0.2) is 0 Å². The van der Waals surface area contributed by atoms with Gasteiger partial charge >= 0.3 is 5.97 Å². The highest BCUT2D eigenvalue weighted by Crippen LogP contribution is 2.21. The zero-order valence-electron chi connectivity index (χ0n) is 18.1. The summed E-state index contributed by atoms with van der Waals surface area (Å²) in [4.78, 5) is 14.5. The number of esters is 1. The van der Waals surface area contributed by atoms with Crippen LogP contribution in [0.15, 0.2) is 59.5 Å². The Balaban J connectivity index is 1.66. The van der Waals surface area contributed by atoms with E-state index in [4.69, 9.17) is 9.47 Å². The van der Waals surface area contributed by atoms with Crippen molar-refractivity contribution in [2.24, 2.45) is 0 Å². The molecule has 3 rings (SSSR count). The predicted octanol–water partition coefficient (Wildman–Crippen LogP) is 2.91. The number of nitrogens with zero attached hydrogens (tertiary/aromatic N) is 2. The molecule has 0 aliphatic carbocycles. The molecule has 1 saturated heterocycles. The number of sulfonamides is 1. The number of hydrogen-bond acceptors (Lipinski definition) is 6. The van der Waals surface area contributed by atoms with E-state index in [-0.39, 0.29) is 11.4 Å². The van der Waals surface area contributed by atoms with E-state index >= 15 is 0 Å². The molecule has 2 aromatic carbocycles. The topological polar surface area (TPSA) is 76.1 Å². The SMILES string of the molecule is COC(=O)[C@H](CN(C)S(=O)(=O)c1ccc(OCc2ccccc2)cc1)N1CCCCC1. The van der Waals surface area contributed by atoms with Gasteiger partial charge in [-0.05, 0) is 55.8 Å². The van der Waals surface area contributed by atoms with Crippen molar-refractivity contribution >= 4 is 16.0 Å². The molecular formula is C23H30N2O5S. The van der Waals surface area contributed by atoms with E-state index < -0.39 is 22.0 Å². The Morgan fingerprint density at radius 3 is 2.29 bits per heavy atom. The minimum Gasteiger partial charge on any atom is -0.489 e. The van der Waals surface area contributed by atoms with Gasteiger partial charge in [-0.15, -0.1) is 0 Å². The third-order valence-corrected chi connectivity index (χ3v) is 7.35. The summed E-state index contributed by atoms with van der Waals surface area (Å²) in [6.07, 6.45) is 3.11. The molecule has 0 spiro atoms. The molecule has 8 heteroatoms. The number of rotatable bonds is 9. The number of hydrogen-bond donors (Lipinski definition) is 0. The quantitative estimate of drug-likeness (QED) is 0.552. The Morgan fingerprint density at radius 2 is 1.68 bits per heavy atom. The second-order valence-corrected chi connectivity index (χ2v) is 9.71. The molecule has 0 aromatic heterocycles. The molecular weight excluding hydrogens is 416 g/mol. The molecule has 0 bridgehead atoms. The van der Waals surface area contributed by atoms with Crippen LogP contribution < -0.4 is 4.74 Å². The molecule has 0 amide bonds. The molecule has 1 heterocycles. The summed E-state index contributed by atoms with van der Waals surface area (Å²) in [5.41, 5.74) is 1.03. The van der Waals surface area contributed by atoms with Gasteiger partial charge in [-0.2, -0.15) is 4.31 Å². The first-order valence-electron chi connectivity index (χ1n) is 10.5. The summed E-state index contributed by atoms with van der Waals surface area (Å²) in [6, 6.07) is 15.5. The van der Waals surface area contributed by atoms with Gasteiger partial charge < -0.3 is 9.47 Å². The third-order valence-electron chi connectivity index (χ3n) is 5.51. The Kier molecular flexibility index (Phi) is 8.06. The lowest BCUT2D eigenvalue weighted by atomic mass is 10.1. The van der Waals surface area contributed by atoms with Crippen LogP contribution in [-0.2, 0) is 26.2 Å². The lowest BCUT2D eigenvalue weighted by Crippen LogP contribution is -2.51. The number of carbonyl (C=O) groups is 1. The van der Waals surface area contributed by atoms with Crippen molar-refractivity contribution < 1.29 is 22.7 Å². The molecule has 1 fully saturated rings. The predicted molar refractivity (Wildman–Crippen MR) is 118 cm³/mol. The Morgan fingerprint density at radius 1 is 1.03 bits per heavy atom. The smallest absolute Gasteiger partial charge is 0.324 e. The van der Waals surface area contributed by atoms with Gasteiger partial charge in [0.1, 0.15) is 18.4 Å². The normalized spacial score (nSPS) is 16.1. The monoisotopic (exact) mass is 446 g/mol. The number of ether oxygens (including phenoxy) is 2. The number of likely N-dealkylation sites (N-methyl/N-ethyl adjacent to an activating group) is 1. The summed E-state index contributed by atoms with van der Waals surface area (Å²) in [5.74, 6) is 0.180. The van der Waals surface area contributed by atoms with Crippen molar-refractivity contribution in [1.82, 2.24) is 9.21 Å². The van der Waals surface area contributed by atoms with Crippen LogP contribution in [0.4, 0.5) is 0 Å². The second-order valence-electron chi connectivity index (χ2n) is 7.67. The fourth-order valence-electron chi connectivity index (χ4n) is 3.68. The lowest BCUT2D eigenvalue weighted by molar-refractivity contribution is -0.147. The zero-order valence-corrected chi connectivity index (χ0v) is 18.9. The van der Waals surface area contributed by atoms with Crippen LogP contribution in [0.2, 0.25) is 0 Å². The minimum atomic E-state index is -3.75. The van der Waals surface area contributed by atoms with Crippen molar-refractivity contribution in [2.45, 2.75) is 36.8 Å². The van der Waals surface area contributed by atoms with Crippen LogP contribution in [0.25, 0.3) is 0 Å². The summed E-state index contributed by atoms with van der Waals surface area (Å²) in [5, 5.41) is 0. The van der Waals surface area contributed by atoms with Crippen LogP contribution >= 0.6 is 0 Å². The van der Waals surface area contributed by atoms with E-state index in [1.54, 1.807) is 12.1 Å². The Labute approximate surface area is 184 Å². The molecule has 31 heavy (non-hydrogen) atoms. The van der Waals surface area contributed by atoms with Crippen molar-refractivity contribution in [1.29, 1.82) is 0 Å². The highest BCUT2D eigenvalue weighted by Gasteiger charge is 2.32. The fourth-order valence-corrected chi connectivity index (χ4v) is 4.85. The maximum atomic E-state index is 13.1. The van der Waals surface area contributed by atoms with Gasteiger partial charge in [-0.1, -0.05) is 36.8 Å². The van der Waals surface area contributed by atoms with E-state index in [1.807, 2.05) is 35.2 Å². The van der Waals surface area contributed by atoms with Crippen LogP contribution in [0.1, 0.15) is 24.8 Å². The first-order valence-corrected chi connectivity index (χ1v) is 11.9. The van der Waals surface area contributed by atoms with E-state index in [0.717, 1.165) is 37.9 Å². The number of likely N-dealkylation sites (tertiary alicyclic amines) is 1. The Bertz CT molecular complexity index is 942. The molecule has 1 aliphatic rings. The van der Waals surface area contributed by atoms with E-state index in [1.165, 1.54) is 30.6 Å². The highest BCUT2D eigenvalue weighted by atomic mass is 32.2. The first kappa shape index (κ1) is 23.2. The number of carbonyl (C=O) groups excluding carboxylic acids is 1. The largest absolute Gasteiger partial charge is 0.489 e. The molecule has 0 N–H and O–H groups in total. The van der Waals surface area contributed by atoms with Gasteiger partial charge in [-0.3, -0.25) is 9.69 Å². The molecule has 1 atom stereocenters. The first-order chi connectivity index (χ1) is 14.9. The third kappa shape index (κ3) is 6.06. The molecule has 0 unspecified atom stereocenters. The van der Waals surface area contributed by atoms with Gasteiger partial charge in [0.2, 0.25) is 10.0 Å². The fraction of sp³-hybridized carbons (Fsp3) is 0.435. The van der Waals surface area contributed by atoms with Crippen LogP contribution in [0, 0.1) is 0 Å². The molecule has 0 saturated carbocycles. The standard InChI is InChI=1S/C23H30N2O5S/c1-24(17-22(23(26)29-2)25-15-7-4-8-16-25)31(27,28)21-13-11-20(12-14-21)30-18-19-9-5-3-6-10-19/h3,5-6,9-14,22H,4,7-8,15-18H2,1-2H3/t22-/m0/s1. The number of benzene rings is 2. The zero-order chi connectivity index (χ0) is 22.3. The van der Waals surface area contributed by atoms with E-state index in [2.05, 4.69) is 0 Å². The van der Waals surface area contributed by atoms with Crippen molar-refractivity contribution in [3.8, 4) is 5.75 Å². The summed E-state index contributed by atoms with van der Waals surface area (Å²) in [6.45, 7) is 1.98. The summed E-state index contributed by atoms with van der Waals surface area (Å²) in [7, 11) is -0.925. The van der Waals surface area contributed by atoms with Crippen LogP contribution in [0.3, 0.4) is 0 Å². The lowest BCUT2D eigenvalue weighted by Gasteiger charge is -2.34. The minimum absolute atomic E-state index is 0.0429. The van der Waals surface area contributed by atoms with Crippen LogP contribution in [-0.4, -0.2) is 63.4 Å². The van der Waals surface area contributed by atoms with Gasteiger partial charge in [0.25, 0.3) is 0 Å². The molecule has 7 nitrogen and oxygen atoms in total.